The Morgan fingerprint density at radius 3 is 2.88 bits per heavy atom. The van der Waals surface area contributed by atoms with Crippen molar-refractivity contribution < 1.29 is 9.21 Å². The zero-order valence-corrected chi connectivity index (χ0v) is 15.1. The number of nitrogens with one attached hydrogen (secondary N) is 1. The highest BCUT2D eigenvalue weighted by molar-refractivity contribution is 5.98. The van der Waals surface area contributed by atoms with Gasteiger partial charge >= 0.3 is 0 Å². The lowest BCUT2D eigenvalue weighted by Gasteiger charge is -2.23. The molecule has 2 aliphatic rings. The lowest BCUT2D eigenvalue weighted by Crippen LogP contribution is -2.39. The first-order valence-corrected chi connectivity index (χ1v) is 9.61. The molecule has 26 heavy (non-hydrogen) atoms. The van der Waals surface area contributed by atoms with E-state index < -0.39 is 0 Å². The molecule has 2 heterocycles. The second kappa shape index (κ2) is 6.04. The van der Waals surface area contributed by atoms with Gasteiger partial charge in [-0.05, 0) is 61.3 Å². The van der Waals surface area contributed by atoms with Gasteiger partial charge in [0, 0.05) is 11.4 Å². The summed E-state index contributed by atoms with van der Waals surface area (Å²) in [4.78, 5) is 13.1. The minimum Gasteiger partial charge on any atom is -0.448 e. The highest BCUT2D eigenvalue weighted by Gasteiger charge is 2.40. The summed E-state index contributed by atoms with van der Waals surface area (Å²) in [6.45, 7) is 2.75. The Kier molecular flexibility index (Phi) is 3.66. The van der Waals surface area contributed by atoms with Crippen LogP contribution in [-0.2, 0) is 6.54 Å². The minimum atomic E-state index is 0.0301. The summed E-state index contributed by atoms with van der Waals surface area (Å²) < 4.78 is 7.71. The number of carbonyl (C=O) groups excluding carboxylic acids is 1. The fraction of sp³-hybridized carbons (Fsp3) is 0.409. The molecule has 4 nitrogen and oxygen atoms in total. The largest absolute Gasteiger partial charge is 0.448 e. The van der Waals surface area contributed by atoms with E-state index in [2.05, 4.69) is 24.4 Å². The van der Waals surface area contributed by atoms with Crippen LogP contribution >= 0.6 is 0 Å². The first kappa shape index (κ1) is 15.7. The number of furan rings is 1. The van der Waals surface area contributed by atoms with Gasteiger partial charge in [0.05, 0.1) is 12.8 Å². The van der Waals surface area contributed by atoms with E-state index in [0.717, 1.165) is 23.4 Å². The Balaban J connectivity index is 1.46. The van der Waals surface area contributed by atoms with Gasteiger partial charge < -0.3 is 14.3 Å². The van der Waals surface area contributed by atoms with Gasteiger partial charge in [0.2, 0.25) is 5.71 Å². The summed E-state index contributed by atoms with van der Waals surface area (Å²) in [5.74, 6) is 1.52. The van der Waals surface area contributed by atoms with E-state index in [1.54, 1.807) is 6.26 Å². The van der Waals surface area contributed by atoms with Crippen molar-refractivity contribution in [1.82, 2.24) is 9.88 Å². The molecule has 2 bridgehead atoms. The predicted octanol–water partition coefficient (Wildman–Crippen LogP) is 4.51. The number of fused-ring (bicyclic) bond motifs is 3. The Labute approximate surface area is 153 Å². The molecule has 1 N–H and O–H groups in total. The molecule has 1 amide bonds. The number of nitrogens with zero attached hydrogens (tertiary/aromatic N) is 1. The summed E-state index contributed by atoms with van der Waals surface area (Å²) >= 11 is 0. The van der Waals surface area contributed by atoms with Gasteiger partial charge in [-0.25, -0.2) is 0 Å². The summed E-state index contributed by atoms with van der Waals surface area (Å²) in [6, 6.07) is 12.5. The van der Waals surface area contributed by atoms with E-state index in [4.69, 9.17) is 4.42 Å². The van der Waals surface area contributed by atoms with Crippen LogP contribution in [0.5, 0.6) is 0 Å². The maximum absolute atomic E-state index is 13.1. The van der Waals surface area contributed by atoms with Crippen LogP contribution in [-0.4, -0.2) is 16.5 Å². The first-order chi connectivity index (χ1) is 12.7. The molecule has 2 saturated carbocycles. The van der Waals surface area contributed by atoms with Crippen molar-refractivity contribution in [3.63, 3.8) is 0 Å². The maximum atomic E-state index is 13.1. The molecule has 0 aliphatic heterocycles. The quantitative estimate of drug-likeness (QED) is 0.754. The smallest absolute Gasteiger partial charge is 0.268 e. The average Bonchev–Trinajstić information content (AvgIpc) is 3.38. The summed E-state index contributed by atoms with van der Waals surface area (Å²) in [5, 5.41) is 4.30. The molecule has 1 aromatic carbocycles. The Bertz CT molecular complexity index is 968. The van der Waals surface area contributed by atoms with Crippen LogP contribution < -0.4 is 5.32 Å². The van der Waals surface area contributed by atoms with Crippen molar-refractivity contribution in [2.75, 3.05) is 0 Å². The van der Waals surface area contributed by atoms with Crippen LogP contribution in [0.1, 0.15) is 47.3 Å². The van der Waals surface area contributed by atoms with Crippen molar-refractivity contribution >= 4 is 17.0 Å². The van der Waals surface area contributed by atoms with Gasteiger partial charge in [-0.1, -0.05) is 30.7 Å². The third kappa shape index (κ3) is 2.56. The zero-order valence-electron chi connectivity index (χ0n) is 15.1. The average molecular weight is 348 g/mol. The van der Waals surface area contributed by atoms with Crippen LogP contribution in [0, 0.1) is 18.8 Å². The zero-order chi connectivity index (χ0) is 17.7. The number of carbonyl (C=O) groups is 1. The van der Waals surface area contributed by atoms with Gasteiger partial charge in [-0.2, -0.15) is 0 Å². The van der Waals surface area contributed by atoms with Gasteiger partial charge in [-0.15, -0.1) is 0 Å². The van der Waals surface area contributed by atoms with Crippen LogP contribution in [0.4, 0.5) is 0 Å². The fourth-order valence-corrected chi connectivity index (χ4v) is 4.94. The third-order valence-electron chi connectivity index (χ3n) is 6.38. The number of aryl methyl sites for hydroxylation is 1. The number of hydrogen-bond acceptors (Lipinski definition) is 2. The van der Waals surface area contributed by atoms with Gasteiger partial charge in [0.15, 0.2) is 0 Å². The summed E-state index contributed by atoms with van der Waals surface area (Å²) in [6.07, 6.45) is 6.73. The van der Waals surface area contributed by atoms with Gasteiger partial charge in [-0.3, -0.25) is 4.79 Å². The van der Waals surface area contributed by atoms with Crippen molar-refractivity contribution in [3.8, 4) is 0 Å². The second-order valence-electron chi connectivity index (χ2n) is 7.98. The molecule has 2 aliphatic carbocycles. The monoisotopic (exact) mass is 348 g/mol. The molecule has 0 radical (unpaired) electrons. The van der Waals surface area contributed by atoms with E-state index >= 15 is 0 Å². The molecule has 134 valence electrons. The molecule has 2 fully saturated rings. The highest BCUT2D eigenvalue weighted by Crippen LogP contribution is 2.44. The predicted molar refractivity (Wildman–Crippen MR) is 101 cm³/mol. The fourth-order valence-electron chi connectivity index (χ4n) is 4.94. The number of hydrogen-bond donors (Lipinski definition) is 1. The maximum Gasteiger partial charge on any atom is 0.268 e. The van der Waals surface area contributed by atoms with Gasteiger partial charge in [0.25, 0.3) is 5.91 Å². The van der Waals surface area contributed by atoms with Gasteiger partial charge in [0.1, 0.15) is 5.69 Å². The molecule has 3 atom stereocenters. The van der Waals surface area contributed by atoms with E-state index in [9.17, 15) is 4.79 Å². The Morgan fingerprint density at radius 2 is 2.12 bits per heavy atom. The van der Waals surface area contributed by atoms with Crippen LogP contribution in [0.25, 0.3) is 11.1 Å². The van der Waals surface area contributed by atoms with E-state index in [-0.39, 0.29) is 5.91 Å². The van der Waals surface area contributed by atoms with E-state index in [0.29, 0.717) is 24.2 Å². The highest BCUT2D eigenvalue weighted by atomic mass is 16.3. The molecule has 4 heteroatoms. The van der Waals surface area contributed by atoms with Crippen LogP contribution in [0.2, 0.25) is 0 Å². The summed E-state index contributed by atoms with van der Waals surface area (Å²) in [5.41, 5.74) is 3.90. The Hall–Kier alpha value is -2.49. The minimum absolute atomic E-state index is 0.0301. The normalized spacial score (nSPS) is 24.4. The summed E-state index contributed by atoms with van der Waals surface area (Å²) in [7, 11) is 0. The molecule has 0 saturated heterocycles. The standard InChI is InChI=1S/C22H24N2O2/c1-14-4-2-3-5-18(14)13-24-20(12-17-8-9-26-22(17)24)21(25)23-19-11-15-6-7-16(19)10-15/h2-5,8-9,12,15-16,19H,6-7,10-11,13H2,1H3,(H,23,25)/t15-,16-,19+/m1/s1. The number of amides is 1. The van der Waals surface area contributed by atoms with Crippen molar-refractivity contribution in [3.05, 3.63) is 59.5 Å². The van der Waals surface area contributed by atoms with Crippen molar-refractivity contribution in [1.29, 1.82) is 0 Å². The third-order valence-corrected chi connectivity index (χ3v) is 6.38. The molecule has 2 aromatic heterocycles. The van der Waals surface area contributed by atoms with E-state index in [1.165, 1.54) is 30.4 Å². The molecule has 0 spiro atoms. The number of rotatable bonds is 4. The van der Waals surface area contributed by atoms with E-state index in [1.807, 2.05) is 28.8 Å². The van der Waals surface area contributed by atoms with Crippen LogP contribution in [0.15, 0.2) is 47.1 Å². The SMILES string of the molecule is Cc1ccccc1Cn1c(C(=O)N[C@H]2C[C@@H]3CC[C@@H]2C3)cc2ccoc21. The number of aromatic nitrogens is 1. The van der Waals surface area contributed by atoms with Crippen molar-refractivity contribution in [2.45, 2.75) is 45.2 Å². The molecular weight excluding hydrogens is 324 g/mol. The lowest BCUT2D eigenvalue weighted by atomic mass is 9.95. The molecule has 0 unspecified atom stereocenters. The van der Waals surface area contributed by atoms with Crippen molar-refractivity contribution in [2.24, 2.45) is 11.8 Å². The molecular formula is C22H24N2O2. The molecule has 5 rings (SSSR count). The number of benzene rings is 1. The first-order valence-electron chi connectivity index (χ1n) is 9.61. The van der Waals surface area contributed by atoms with Crippen LogP contribution in [0.3, 0.4) is 0 Å². The second-order valence-corrected chi connectivity index (χ2v) is 7.98. The Morgan fingerprint density at radius 1 is 1.23 bits per heavy atom. The lowest BCUT2D eigenvalue weighted by molar-refractivity contribution is 0.0914. The molecule has 3 aromatic rings. The topological polar surface area (TPSA) is 47.2 Å².